The van der Waals surface area contributed by atoms with Crippen LogP contribution in [0.2, 0.25) is 0 Å². The lowest BCUT2D eigenvalue weighted by molar-refractivity contribution is -0.385. The van der Waals surface area contributed by atoms with Crippen molar-refractivity contribution >= 4 is 21.7 Å². The minimum atomic E-state index is -4.23. The van der Waals surface area contributed by atoms with E-state index in [1.54, 1.807) is 0 Å². The number of ether oxygens (including phenoxy) is 1. The van der Waals surface area contributed by atoms with Crippen LogP contribution in [0.25, 0.3) is 0 Å². The molecule has 1 N–H and O–H groups in total. The van der Waals surface area contributed by atoms with Gasteiger partial charge in [0, 0.05) is 19.2 Å². The highest BCUT2D eigenvalue weighted by molar-refractivity contribution is 7.89. The number of hydrogen-bond donors (Lipinski definition) is 1. The molecule has 0 bridgehead atoms. The van der Waals surface area contributed by atoms with Crippen molar-refractivity contribution in [1.29, 1.82) is 0 Å². The highest BCUT2D eigenvalue weighted by Crippen LogP contribution is 2.32. The Morgan fingerprint density at radius 1 is 1.42 bits per heavy atom. The van der Waals surface area contributed by atoms with E-state index in [0.717, 1.165) is 10.4 Å². The summed E-state index contributed by atoms with van der Waals surface area (Å²) in [4.78, 5) is 21.3. The summed E-state index contributed by atoms with van der Waals surface area (Å²) >= 11 is 0. The summed E-state index contributed by atoms with van der Waals surface area (Å²) in [6, 6.07) is 2.25. The molecule has 0 aromatic heterocycles. The molecule has 10 heteroatoms. The lowest BCUT2D eigenvalue weighted by Gasteiger charge is -2.27. The zero-order valence-corrected chi connectivity index (χ0v) is 13.5. The van der Waals surface area contributed by atoms with E-state index in [0.29, 0.717) is 0 Å². The average molecular weight is 356 g/mol. The zero-order valence-electron chi connectivity index (χ0n) is 12.7. The quantitative estimate of drug-likeness (QED) is 0.458. The molecule has 0 saturated carbocycles. The Bertz CT molecular complexity index is 783. The van der Waals surface area contributed by atoms with Crippen LogP contribution in [0.3, 0.4) is 0 Å². The van der Waals surface area contributed by atoms with Gasteiger partial charge in [-0.1, -0.05) is 12.1 Å². The second-order valence-corrected chi connectivity index (χ2v) is 6.89. The fourth-order valence-corrected chi connectivity index (χ4v) is 4.32. The number of carbonyl (C=O) groups is 1. The Hall–Kier alpha value is -2.30. The third kappa shape index (κ3) is 3.30. The number of aromatic carboxylic acids is 1. The number of benzene rings is 1. The van der Waals surface area contributed by atoms with Gasteiger partial charge in [-0.25, -0.2) is 13.2 Å². The van der Waals surface area contributed by atoms with Gasteiger partial charge in [0.15, 0.2) is 5.56 Å². The number of rotatable bonds is 6. The fourth-order valence-electron chi connectivity index (χ4n) is 2.50. The Balaban J connectivity index is 2.76. The molecule has 0 unspecified atom stereocenters. The van der Waals surface area contributed by atoms with E-state index in [4.69, 9.17) is 4.74 Å². The second-order valence-electron chi connectivity index (χ2n) is 5.02. The predicted molar refractivity (Wildman–Crippen MR) is 83.5 cm³/mol. The largest absolute Gasteiger partial charge is 0.477 e. The third-order valence-electron chi connectivity index (χ3n) is 3.56. The molecule has 1 aromatic rings. The molecular weight excluding hydrogens is 340 g/mol. The molecule has 0 spiro atoms. The maximum atomic E-state index is 12.9. The van der Waals surface area contributed by atoms with E-state index in [2.05, 4.69) is 6.58 Å². The zero-order chi connectivity index (χ0) is 17.9. The van der Waals surface area contributed by atoms with Gasteiger partial charge in [-0.15, -0.1) is 6.58 Å². The number of hydrogen-bond acceptors (Lipinski definition) is 6. The van der Waals surface area contributed by atoms with E-state index in [1.807, 2.05) is 0 Å². The van der Waals surface area contributed by atoms with Gasteiger partial charge in [0.1, 0.15) is 4.90 Å². The topological polar surface area (TPSA) is 127 Å². The van der Waals surface area contributed by atoms with Crippen molar-refractivity contribution < 1.29 is 28.0 Å². The molecule has 1 heterocycles. The summed E-state index contributed by atoms with van der Waals surface area (Å²) < 4.78 is 32.0. The molecule has 0 amide bonds. The monoisotopic (exact) mass is 356 g/mol. The maximum Gasteiger partial charge on any atom is 0.344 e. The van der Waals surface area contributed by atoms with Crippen molar-refractivity contribution in [3.63, 3.8) is 0 Å². The van der Waals surface area contributed by atoms with Crippen molar-refractivity contribution in [2.75, 3.05) is 26.3 Å². The van der Waals surface area contributed by atoms with Gasteiger partial charge in [0.25, 0.3) is 5.69 Å². The van der Waals surface area contributed by atoms with Crippen molar-refractivity contribution in [1.82, 2.24) is 4.31 Å². The van der Waals surface area contributed by atoms with E-state index in [-0.39, 0.29) is 38.3 Å². The summed E-state index contributed by atoms with van der Waals surface area (Å²) in [6.45, 7) is 3.97. The van der Waals surface area contributed by atoms with E-state index in [1.165, 1.54) is 12.1 Å². The Morgan fingerprint density at radius 2 is 2.04 bits per heavy atom. The van der Waals surface area contributed by atoms with Crippen LogP contribution in [-0.2, 0) is 21.2 Å². The normalized spacial score (nSPS) is 15.8. The number of nitrogens with zero attached hydrogens (tertiary/aromatic N) is 2. The molecule has 0 atom stereocenters. The van der Waals surface area contributed by atoms with Crippen molar-refractivity contribution in [3.8, 4) is 0 Å². The Kier molecular flexibility index (Phi) is 5.32. The molecule has 0 radical (unpaired) electrons. The first-order valence-electron chi connectivity index (χ1n) is 7.03. The number of morpholine rings is 1. The van der Waals surface area contributed by atoms with Crippen molar-refractivity contribution in [3.05, 3.63) is 46.0 Å². The van der Waals surface area contributed by atoms with Crippen LogP contribution in [0.15, 0.2) is 29.7 Å². The summed E-state index contributed by atoms with van der Waals surface area (Å²) in [5, 5.41) is 20.6. The molecular formula is C14H16N2O7S. The molecule has 1 fully saturated rings. The highest BCUT2D eigenvalue weighted by atomic mass is 32.2. The summed E-state index contributed by atoms with van der Waals surface area (Å²) in [7, 11) is -4.23. The number of sulfonamides is 1. The molecule has 1 saturated heterocycles. The summed E-state index contributed by atoms with van der Waals surface area (Å²) in [5.74, 6) is -1.67. The van der Waals surface area contributed by atoms with Gasteiger partial charge in [-0.05, 0) is 12.0 Å². The predicted octanol–water partition coefficient (Wildman–Crippen LogP) is 1.04. The number of carboxylic acid groups (broad SMARTS) is 1. The van der Waals surface area contributed by atoms with Crippen LogP contribution < -0.4 is 0 Å². The smallest absolute Gasteiger partial charge is 0.344 e. The molecule has 1 aromatic carbocycles. The Labute approximate surface area is 138 Å². The SMILES string of the molecule is C=CCc1ccc([N+](=O)[O-])c(C(=O)O)c1S(=O)(=O)N1CCOCC1. The average Bonchev–Trinajstić information content (AvgIpc) is 2.55. The molecule has 1 aliphatic heterocycles. The Morgan fingerprint density at radius 3 is 2.54 bits per heavy atom. The van der Waals surface area contributed by atoms with Crippen LogP contribution in [0.5, 0.6) is 0 Å². The minimum absolute atomic E-state index is 0.0532. The van der Waals surface area contributed by atoms with Crippen molar-refractivity contribution in [2.45, 2.75) is 11.3 Å². The number of nitro groups is 1. The van der Waals surface area contributed by atoms with Gasteiger partial charge in [-0.2, -0.15) is 4.31 Å². The van der Waals surface area contributed by atoms with Crippen LogP contribution >= 0.6 is 0 Å². The first kappa shape index (κ1) is 18.0. The minimum Gasteiger partial charge on any atom is -0.477 e. The van der Waals surface area contributed by atoms with Crippen LogP contribution in [0, 0.1) is 10.1 Å². The molecule has 0 aliphatic carbocycles. The van der Waals surface area contributed by atoms with E-state index < -0.39 is 37.1 Å². The van der Waals surface area contributed by atoms with Gasteiger partial charge in [0.05, 0.1) is 18.1 Å². The fraction of sp³-hybridized carbons (Fsp3) is 0.357. The van der Waals surface area contributed by atoms with Gasteiger partial charge in [-0.3, -0.25) is 10.1 Å². The summed E-state index contributed by atoms with van der Waals surface area (Å²) in [5.41, 5.74) is -1.44. The second kappa shape index (κ2) is 7.07. The highest BCUT2D eigenvalue weighted by Gasteiger charge is 2.37. The van der Waals surface area contributed by atoms with Crippen LogP contribution in [0.1, 0.15) is 15.9 Å². The number of carboxylic acids is 1. The standard InChI is InChI=1S/C14H16N2O7S/c1-2-3-10-4-5-11(16(19)20)12(14(17)18)13(10)24(21,22)15-6-8-23-9-7-15/h2,4-5H,1,3,6-9H2,(H,17,18). The lowest BCUT2D eigenvalue weighted by Crippen LogP contribution is -2.41. The third-order valence-corrected chi connectivity index (χ3v) is 5.59. The molecule has 24 heavy (non-hydrogen) atoms. The molecule has 1 aliphatic rings. The first-order valence-corrected chi connectivity index (χ1v) is 8.47. The van der Waals surface area contributed by atoms with Gasteiger partial charge < -0.3 is 9.84 Å². The molecule has 130 valence electrons. The molecule has 9 nitrogen and oxygen atoms in total. The van der Waals surface area contributed by atoms with Crippen LogP contribution in [-0.4, -0.2) is 55.0 Å². The summed E-state index contributed by atoms with van der Waals surface area (Å²) in [6.07, 6.45) is 1.47. The first-order chi connectivity index (χ1) is 11.3. The van der Waals surface area contributed by atoms with Crippen LogP contribution in [0.4, 0.5) is 5.69 Å². The van der Waals surface area contributed by atoms with Crippen molar-refractivity contribution in [2.24, 2.45) is 0 Å². The maximum absolute atomic E-state index is 12.9. The molecule has 2 rings (SSSR count). The van der Waals surface area contributed by atoms with E-state index >= 15 is 0 Å². The van der Waals surface area contributed by atoms with Gasteiger partial charge in [0.2, 0.25) is 10.0 Å². The van der Waals surface area contributed by atoms with E-state index in [9.17, 15) is 28.4 Å². The van der Waals surface area contributed by atoms with Gasteiger partial charge >= 0.3 is 5.97 Å². The lowest BCUT2D eigenvalue weighted by atomic mass is 10.1. The number of nitro benzene ring substituents is 1. The number of allylic oxidation sites excluding steroid dienone is 1.